The van der Waals surface area contributed by atoms with Crippen LogP contribution >= 0.6 is 0 Å². The Morgan fingerprint density at radius 3 is 2.54 bits per heavy atom. The monoisotopic (exact) mass is 207 g/mol. The first-order valence-electron chi connectivity index (χ1n) is 4.56. The highest BCUT2D eigenvalue weighted by atomic mass is 32.2. The van der Waals surface area contributed by atoms with Gasteiger partial charge in [-0.15, -0.1) is 0 Å². The van der Waals surface area contributed by atoms with Crippen LogP contribution < -0.4 is 15.2 Å². The van der Waals surface area contributed by atoms with E-state index in [4.69, 9.17) is 5.73 Å². The summed E-state index contributed by atoms with van der Waals surface area (Å²) in [6, 6.07) is 0.197. The summed E-state index contributed by atoms with van der Waals surface area (Å²) < 4.78 is 27.5. The van der Waals surface area contributed by atoms with Crippen molar-refractivity contribution >= 4 is 10.2 Å². The summed E-state index contributed by atoms with van der Waals surface area (Å²) in [5.41, 5.74) is 5.53. The van der Waals surface area contributed by atoms with E-state index in [9.17, 15) is 8.42 Å². The van der Waals surface area contributed by atoms with Crippen LogP contribution in [-0.4, -0.2) is 27.0 Å². The molecule has 0 heterocycles. The van der Waals surface area contributed by atoms with E-state index >= 15 is 0 Å². The van der Waals surface area contributed by atoms with Gasteiger partial charge in [-0.25, -0.2) is 4.72 Å². The van der Waals surface area contributed by atoms with Crippen molar-refractivity contribution in [2.45, 2.75) is 38.3 Å². The number of hydrogen-bond acceptors (Lipinski definition) is 3. The van der Waals surface area contributed by atoms with Gasteiger partial charge in [0.2, 0.25) is 0 Å². The normalized spacial score (nSPS) is 28.5. The van der Waals surface area contributed by atoms with Crippen LogP contribution in [0.5, 0.6) is 0 Å². The predicted octanol–water partition coefficient (Wildman–Crippen LogP) is -0.690. The summed E-state index contributed by atoms with van der Waals surface area (Å²) in [5.74, 6) is 0. The molecule has 0 saturated heterocycles. The zero-order valence-electron chi connectivity index (χ0n) is 7.79. The van der Waals surface area contributed by atoms with Gasteiger partial charge in [0.25, 0.3) is 10.2 Å². The summed E-state index contributed by atoms with van der Waals surface area (Å²) >= 11 is 0. The summed E-state index contributed by atoms with van der Waals surface area (Å²) in [6.07, 6.45) is 2.28. The van der Waals surface area contributed by atoms with Crippen LogP contribution in [0, 0.1) is 0 Å². The molecule has 1 aliphatic rings. The Labute approximate surface area is 79.3 Å². The molecule has 4 N–H and O–H groups in total. The van der Waals surface area contributed by atoms with Gasteiger partial charge in [0.15, 0.2) is 0 Å². The maximum Gasteiger partial charge on any atom is 0.277 e. The van der Waals surface area contributed by atoms with Gasteiger partial charge in [-0.05, 0) is 19.3 Å². The molecule has 0 spiro atoms. The third-order valence-electron chi connectivity index (χ3n) is 2.04. The molecule has 6 heteroatoms. The third kappa shape index (κ3) is 3.60. The van der Waals surface area contributed by atoms with Crippen LogP contribution in [0.3, 0.4) is 0 Å². The second-order valence-corrected chi connectivity index (χ2v) is 4.98. The van der Waals surface area contributed by atoms with Crippen LogP contribution in [0.15, 0.2) is 0 Å². The van der Waals surface area contributed by atoms with Gasteiger partial charge in [0.1, 0.15) is 0 Å². The Hall–Kier alpha value is -0.170. The van der Waals surface area contributed by atoms with Gasteiger partial charge in [-0.1, -0.05) is 6.92 Å². The predicted molar refractivity (Wildman–Crippen MR) is 51.3 cm³/mol. The second-order valence-electron chi connectivity index (χ2n) is 3.44. The largest absolute Gasteiger partial charge is 0.328 e. The highest BCUT2D eigenvalue weighted by Crippen LogP contribution is 2.17. The minimum atomic E-state index is -3.28. The summed E-state index contributed by atoms with van der Waals surface area (Å²) in [7, 11) is -3.28. The Morgan fingerprint density at radius 1 is 1.46 bits per heavy atom. The molecule has 0 unspecified atom stereocenters. The van der Waals surface area contributed by atoms with E-state index in [0.29, 0.717) is 6.54 Å². The number of rotatable bonds is 5. The van der Waals surface area contributed by atoms with E-state index in [-0.39, 0.29) is 12.1 Å². The maximum absolute atomic E-state index is 11.2. The number of nitrogens with one attached hydrogen (secondary N) is 2. The standard InChI is InChI=1S/C7H17N3O2S/c1-2-3-9-13(11,12)10-7-4-6(8)5-7/h6-7,9-10H,2-5,8H2,1H3. The van der Waals surface area contributed by atoms with E-state index in [2.05, 4.69) is 9.44 Å². The minimum absolute atomic E-state index is 0.0318. The zero-order chi connectivity index (χ0) is 9.90. The number of hydrogen-bond donors (Lipinski definition) is 3. The van der Waals surface area contributed by atoms with Gasteiger partial charge >= 0.3 is 0 Å². The maximum atomic E-state index is 11.2. The van der Waals surface area contributed by atoms with E-state index in [0.717, 1.165) is 19.3 Å². The quantitative estimate of drug-likeness (QED) is 0.558. The van der Waals surface area contributed by atoms with Crippen molar-refractivity contribution in [3.8, 4) is 0 Å². The highest BCUT2D eigenvalue weighted by Gasteiger charge is 2.29. The van der Waals surface area contributed by atoms with Crippen LogP contribution in [-0.2, 0) is 10.2 Å². The van der Waals surface area contributed by atoms with E-state index in [1.165, 1.54) is 0 Å². The van der Waals surface area contributed by atoms with Crippen LogP contribution in [0.1, 0.15) is 26.2 Å². The first kappa shape index (κ1) is 10.9. The topological polar surface area (TPSA) is 84.2 Å². The molecule has 1 fully saturated rings. The molecule has 1 aliphatic carbocycles. The minimum Gasteiger partial charge on any atom is -0.328 e. The molecule has 0 radical (unpaired) electrons. The molecule has 5 nitrogen and oxygen atoms in total. The van der Waals surface area contributed by atoms with Crippen LogP contribution in [0.4, 0.5) is 0 Å². The highest BCUT2D eigenvalue weighted by molar-refractivity contribution is 7.87. The van der Waals surface area contributed by atoms with Crippen LogP contribution in [0.2, 0.25) is 0 Å². The van der Waals surface area contributed by atoms with Gasteiger partial charge in [0, 0.05) is 18.6 Å². The molecule has 0 amide bonds. The summed E-state index contributed by atoms with van der Waals surface area (Å²) in [5, 5.41) is 0. The lowest BCUT2D eigenvalue weighted by Crippen LogP contribution is -2.53. The number of nitrogens with two attached hydrogens (primary N) is 1. The zero-order valence-corrected chi connectivity index (χ0v) is 8.60. The van der Waals surface area contributed by atoms with Crippen molar-refractivity contribution in [3.63, 3.8) is 0 Å². The van der Waals surface area contributed by atoms with Crippen molar-refractivity contribution in [1.82, 2.24) is 9.44 Å². The van der Waals surface area contributed by atoms with Crippen molar-refractivity contribution in [1.29, 1.82) is 0 Å². The lowest BCUT2D eigenvalue weighted by molar-refractivity contribution is 0.326. The first-order chi connectivity index (χ1) is 6.03. The average molecular weight is 207 g/mol. The molecular weight excluding hydrogens is 190 g/mol. The lowest BCUT2D eigenvalue weighted by Gasteiger charge is -2.32. The van der Waals surface area contributed by atoms with E-state index in [1.54, 1.807) is 0 Å². The molecule has 13 heavy (non-hydrogen) atoms. The fourth-order valence-corrected chi connectivity index (χ4v) is 2.44. The molecule has 78 valence electrons. The molecule has 0 aromatic heterocycles. The smallest absolute Gasteiger partial charge is 0.277 e. The van der Waals surface area contributed by atoms with Gasteiger partial charge in [-0.3, -0.25) is 0 Å². The van der Waals surface area contributed by atoms with Gasteiger partial charge in [0.05, 0.1) is 0 Å². The molecule has 0 aliphatic heterocycles. The van der Waals surface area contributed by atoms with E-state index in [1.807, 2.05) is 6.92 Å². The van der Waals surface area contributed by atoms with Crippen LogP contribution in [0.25, 0.3) is 0 Å². The first-order valence-corrected chi connectivity index (χ1v) is 6.04. The van der Waals surface area contributed by atoms with Crippen molar-refractivity contribution < 1.29 is 8.42 Å². The lowest BCUT2D eigenvalue weighted by atomic mass is 9.89. The van der Waals surface area contributed by atoms with E-state index < -0.39 is 10.2 Å². The molecule has 0 aromatic carbocycles. The molecule has 1 saturated carbocycles. The third-order valence-corrected chi connectivity index (χ3v) is 3.27. The Morgan fingerprint density at radius 2 is 2.08 bits per heavy atom. The molecule has 0 atom stereocenters. The molecule has 0 bridgehead atoms. The van der Waals surface area contributed by atoms with Crippen molar-refractivity contribution in [3.05, 3.63) is 0 Å². The Bertz CT molecular complexity index is 246. The Kier molecular flexibility index (Phi) is 3.66. The average Bonchev–Trinajstić information content (AvgIpc) is 1.98. The molecular formula is C7H17N3O2S. The summed E-state index contributed by atoms with van der Waals surface area (Å²) in [4.78, 5) is 0. The fourth-order valence-electron chi connectivity index (χ4n) is 1.26. The van der Waals surface area contributed by atoms with Gasteiger partial charge < -0.3 is 5.73 Å². The van der Waals surface area contributed by atoms with Crippen molar-refractivity contribution in [2.24, 2.45) is 5.73 Å². The van der Waals surface area contributed by atoms with Crippen molar-refractivity contribution in [2.75, 3.05) is 6.54 Å². The summed E-state index contributed by atoms with van der Waals surface area (Å²) in [6.45, 7) is 2.40. The Balaban J connectivity index is 2.26. The molecule has 1 rings (SSSR count). The second kappa shape index (κ2) is 4.36. The fraction of sp³-hybridized carbons (Fsp3) is 1.00. The van der Waals surface area contributed by atoms with Gasteiger partial charge in [-0.2, -0.15) is 13.1 Å². The SMILES string of the molecule is CCCNS(=O)(=O)NC1CC(N)C1. The molecule has 0 aromatic rings.